The topological polar surface area (TPSA) is 68.3 Å². The van der Waals surface area contributed by atoms with Crippen LogP contribution >= 0.6 is 0 Å². The predicted octanol–water partition coefficient (Wildman–Crippen LogP) is 0.933. The minimum atomic E-state index is -3.24. The van der Waals surface area contributed by atoms with Gasteiger partial charge >= 0.3 is 0 Å². The van der Waals surface area contributed by atoms with Crippen LogP contribution in [0.5, 0.6) is 0 Å². The summed E-state index contributed by atoms with van der Waals surface area (Å²) in [6, 6.07) is 3.19. The highest BCUT2D eigenvalue weighted by atomic mass is 32.2. The maximum atomic E-state index is 11.5. The first-order chi connectivity index (χ1) is 8.07. The SMILES string of the molecule is CS(=O)(=O)c1cccnc1NCC1CCOC1. The van der Waals surface area contributed by atoms with Gasteiger partial charge in [-0.3, -0.25) is 0 Å². The number of hydrogen-bond donors (Lipinski definition) is 1. The van der Waals surface area contributed by atoms with Crippen molar-refractivity contribution in [3.8, 4) is 0 Å². The van der Waals surface area contributed by atoms with E-state index in [2.05, 4.69) is 10.3 Å². The molecule has 1 unspecified atom stereocenters. The van der Waals surface area contributed by atoms with Gasteiger partial charge in [0.05, 0.1) is 6.61 Å². The first kappa shape index (κ1) is 12.3. The minimum Gasteiger partial charge on any atom is -0.381 e. The molecule has 0 bridgehead atoms. The number of anilines is 1. The van der Waals surface area contributed by atoms with Crippen LogP contribution < -0.4 is 5.32 Å². The van der Waals surface area contributed by atoms with E-state index in [9.17, 15) is 8.42 Å². The molecule has 0 aromatic carbocycles. The number of ether oxygens (including phenoxy) is 1. The monoisotopic (exact) mass is 256 g/mol. The van der Waals surface area contributed by atoms with Crippen molar-refractivity contribution in [3.05, 3.63) is 18.3 Å². The highest BCUT2D eigenvalue weighted by Crippen LogP contribution is 2.19. The predicted molar refractivity (Wildman–Crippen MR) is 64.8 cm³/mol. The van der Waals surface area contributed by atoms with E-state index in [-0.39, 0.29) is 4.90 Å². The van der Waals surface area contributed by atoms with E-state index in [0.29, 0.717) is 18.3 Å². The average Bonchev–Trinajstić information content (AvgIpc) is 2.78. The van der Waals surface area contributed by atoms with Crippen molar-refractivity contribution < 1.29 is 13.2 Å². The summed E-state index contributed by atoms with van der Waals surface area (Å²) in [5.41, 5.74) is 0. The third kappa shape index (κ3) is 3.17. The van der Waals surface area contributed by atoms with Crippen molar-refractivity contribution in [2.45, 2.75) is 11.3 Å². The highest BCUT2D eigenvalue weighted by Gasteiger charge is 2.18. The van der Waals surface area contributed by atoms with E-state index in [1.54, 1.807) is 18.3 Å². The second-order valence-corrected chi connectivity index (χ2v) is 6.22. The summed E-state index contributed by atoms with van der Waals surface area (Å²) in [6.07, 6.45) is 3.78. The van der Waals surface area contributed by atoms with Gasteiger partial charge in [-0.15, -0.1) is 0 Å². The van der Waals surface area contributed by atoms with Crippen molar-refractivity contribution in [2.75, 3.05) is 31.3 Å². The van der Waals surface area contributed by atoms with Gasteiger partial charge in [0.15, 0.2) is 9.84 Å². The molecule has 1 aliphatic heterocycles. The summed E-state index contributed by atoms with van der Waals surface area (Å²) >= 11 is 0. The Morgan fingerprint density at radius 1 is 1.59 bits per heavy atom. The summed E-state index contributed by atoms with van der Waals surface area (Å²) in [4.78, 5) is 4.32. The molecule has 1 N–H and O–H groups in total. The Kier molecular flexibility index (Phi) is 3.63. The zero-order valence-corrected chi connectivity index (χ0v) is 10.5. The number of sulfone groups is 1. The van der Waals surface area contributed by atoms with Gasteiger partial charge in [-0.1, -0.05) is 0 Å². The quantitative estimate of drug-likeness (QED) is 0.868. The zero-order valence-electron chi connectivity index (χ0n) is 9.72. The van der Waals surface area contributed by atoms with E-state index in [1.165, 1.54) is 6.26 Å². The van der Waals surface area contributed by atoms with Crippen molar-refractivity contribution in [1.29, 1.82) is 0 Å². The Labute approximate surface area is 101 Å². The number of pyridine rings is 1. The van der Waals surface area contributed by atoms with Crippen LogP contribution in [0.4, 0.5) is 5.82 Å². The molecule has 1 fully saturated rings. The highest BCUT2D eigenvalue weighted by molar-refractivity contribution is 7.90. The molecule has 2 heterocycles. The third-order valence-electron chi connectivity index (χ3n) is 2.75. The van der Waals surface area contributed by atoms with E-state index in [4.69, 9.17) is 4.74 Å². The maximum Gasteiger partial charge on any atom is 0.179 e. The molecule has 0 aliphatic carbocycles. The molecule has 0 amide bonds. The summed E-state index contributed by atoms with van der Waals surface area (Å²) in [7, 11) is -3.24. The summed E-state index contributed by atoms with van der Waals surface area (Å²) in [5, 5.41) is 3.09. The van der Waals surface area contributed by atoms with Crippen LogP contribution in [0.15, 0.2) is 23.2 Å². The van der Waals surface area contributed by atoms with Crippen LogP contribution in [-0.4, -0.2) is 39.4 Å². The molecule has 1 atom stereocenters. The molecule has 2 rings (SSSR count). The van der Waals surface area contributed by atoms with Gasteiger partial charge in [-0.2, -0.15) is 0 Å². The van der Waals surface area contributed by atoms with Gasteiger partial charge in [0.2, 0.25) is 0 Å². The molecular formula is C11H16N2O3S. The Bertz CT molecular complexity index is 481. The number of hydrogen-bond acceptors (Lipinski definition) is 5. The molecule has 94 valence electrons. The first-order valence-corrected chi connectivity index (χ1v) is 7.43. The number of aromatic nitrogens is 1. The molecule has 6 heteroatoms. The van der Waals surface area contributed by atoms with E-state index in [1.807, 2.05) is 0 Å². The fraction of sp³-hybridized carbons (Fsp3) is 0.545. The van der Waals surface area contributed by atoms with Gasteiger partial charge in [-0.05, 0) is 18.6 Å². The lowest BCUT2D eigenvalue weighted by Gasteiger charge is -2.12. The first-order valence-electron chi connectivity index (χ1n) is 5.54. The molecule has 1 aliphatic rings. The zero-order chi connectivity index (χ0) is 12.3. The van der Waals surface area contributed by atoms with Crippen LogP contribution in [0, 0.1) is 5.92 Å². The maximum absolute atomic E-state index is 11.5. The molecule has 5 nitrogen and oxygen atoms in total. The van der Waals surface area contributed by atoms with E-state index >= 15 is 0 Å². The summed E-state index contributed by atoms with van der Waals surface area (Å²) < 4.78 is 28.4. The molecular weight excluding hydrogens is 240 g/mol. The molecule has 17 heavy (non-hydrogen) atoms. The van der Waals surface area contributed by atoms with Gasteiger partial charge in [-0.25, -0.2) is 13.4 Å². The Hall–Kier alpha value is -1.14. The smallest absolute Gasteiger partial charge is 0.179 e. The fourth-order valence-corrected chi connectivity index (χ4v) is 2.61. The van der Waals surface area contributed by atoms with E-state index < -0.39 is 9.84 Å². The lowest BCUT2D eigenvalue weighted by molar-refractivity contribution is 0.187. The molecule has 1 aromatic heterocycles. The van der Waals surface area contributed by atoms with Gasteiger partial charge < -0.3 is 10.1 Å². The lowest BCUT2D eigenvalue weighted by atomic mass is 10.1. The normalized spacial score (nSPS) is 20.4. The molecule has 1 aromatic rings. The standard InChI is InChI=1S/C11H16N2O3S/c1-17(14,15)10-3-2-5-12-11(10)13-7-9-4-6-16-8-9/h2-3,5,9H,4,6-8H2,1H3,(H,12,13). The molecule has 0 saturated carbocycles. The summed E-state index contributed by atoms with van der Waals surface area (Å²) in [5.74, 6) is 0.867. The van der Waals surface area contributed by atoms with E-state index in [0.717, 1.165) is 19.6 Å². The second-order valence-electron chi connectivity index (χ2n) is 4.23. The molecule has 0 radical (unpaired) electrons. The van der Waals surface area contributed by atoms with Crippen LogP contribution in [0.25, 0.3) is 0 Å². The van der Waals surface area contributed by atoms with Crippen LogP contribution in [0.1, 0.15) is 6.42 Å². The van der Waals surface area contributed by atoms with Crippen LogP contribution in [-0.2, 0) is 14.6 Å². The molecule has 0 spiro atoms. The van der Waals surface area contributed by atoms with Crippen molar-refractivity contribution >= 4 is 15.7 Å². The number of nitrogens with zero attached hydrogens (tertiary/aromatic N) is 1. The minimum absolute atomic E-state index is 0.249. The Morgan fingerprint density at radius 2 is 2.41 bits per heavy atom. The Balaban J connectivity index is 2.09. The Morgan fingerprint density at radius 3 is 3.06 bits per heavy atom. The fourth-order valence-electron chi connectivity index (χ4n) is 1.81. The lowest BCUT2D eigenvalue weighted by Crippen LogP contribution is -2.16. The third-order valence-corrected chi connectivity index (χ3v) is 3.88. The van der Waals surface area contributed by atoms with Crippen LogP contribution in [0.3, 0.4) is 0 Å². The van der Waals surface area contributed by atoms with Crippen molar-refractivity contribution in [3.63, 3.8) is 0 Å². The van der Waals surface area contributed by atoms with Gasteiger partial charge in [0, 0.05) is 31.5 Å². The van der Waals surface area contributed by atoms with Crippen LogP contribution in [0.2, 0.25) is 0 Å². The second kappa shape index (κ2) is 5.01. The average molecular weight is 256 g/mol. The summed E-state index contributed by atoms with van der Waals surface area (Å²) in [6.45, 7) is 2.21. The van der Waals surface area contributed by atoms with Gasteiger partial charge in [0.25, 0.3) is 0 Å². The van der Waals surface area contributed by atoms with Crippen molar-refractivity contribution in [2.24, 2.45) is 5.92 Å². The van der Waals surface area contributed by atoms with Gasteiger partial charge in [0.1, 0.15) is 10.7 Å². The number of nitrogens with one attached hydrogen (secondary N) is 1. The van der Waals surface area contributed by atoms with Crippen molar-refractivity contribution in [1.82, 2.24) is 4.98 Å². The number of rotatable bonds is 4. The molecule has 1 saturated heterocycles. The largest absolute Gasteiger partial charge is 0.381 e.